The van der Waals surface area contributed by atoms with Gasteiger partial charge in [-0.3, -0.25) is 4.79 Å². The minimum Gasteiger partial charge on any atom is -0.399 e. The van der Waals surface area contributed by atoms with Gasteiger partial charge in [-0.1, -0.05) is 18.2 Å². The molecule has 4 N–H and O–H groups in total. The van der Waals surface area contributed by atoms with E-state index in [1.54, 1.807) is 25.2 Å². The minimum absolute atomic E-state index is 0.145. The number of nitrogens with one attached hydrogen (secondary N) is 2. The van der Waals surface area contributed by atoms with Crippen LogP contribution in [0.25, 0.3) is 0 Å². The molecule has 2 aromatic carbocycles. The van der Waals surface area contributed by atoms with E-state index in [1.165, 1.54) is 0 Å². The molecular weight excluding hydrogens is 226 g/mol. The minimum atomic E-state index is -0.145. The van der Waals surface area contributed by atoms with Gasteiger partial charge in [-0.25, -0.2) is 0 Å². The van der Waals surface area contributed by atoms with E-state index < -0.39 is 0 Å². The second kappa shape index (κ2) is 5.23. The van der Waals surface area contributed by atoms with Gasteiger partial charge in [0.2, 0.25) is 0 Å². The lowest BCUT2D eigenvalue weighted by atomic mass is 10.1. The summed E-state index contributed by atoms with van der Waals surface area (Å²) >= 11 is 0. The number of carbonyl (C=O) groups excluding carboxylic acids is 1. The summed E-state index contributed by atoms with van der Waals surface area (Å²) in [5.74, 6) is -0.145. The predicted molar refractivity (Wildman–Crippen MR) is 74.0 cm³/mol. The van der Waals surface area contributed by atoms with Crippen LogP contribution in [0.5, 0.6) is 0 Å². The zero-order valence-corrected chi connectivity index (χ0v) is 10.1. The van der Waals surface area contributed by atoms with E-state index in [0.717, 1.165) is 5.69 Å². The van der Waals surface area contributed by atoms with Crippen molar-refractivity contribution in [2.45, 2.75) is 0 Å². The average Bonchev–Trinajstić information content (AvgIpc) is 2.39. The number of anilines is 3. The number of amides is 1. The SMILES string of the molecule is CNC(=O)c1ccc(N)cc1Nc1ccccc1. The molecule has 4 heteroatoms. The van der Waals surface area contributed by atoms with Gasteiger partial charge in [0.1, 0.15) is 0 Å². The molecule has 0 aliphatic carbocycles. The number of rotatable bonds is 3. The summed E-state index contributed by atoms with van der Waals surface area (Å²) in [6.07, 6.45) is 0. The van der Waals surface area contributed by atoms with Gasteiger partial charge in [-0.2, -0.15) is 0 Å². The van der Waals surface area contributed by atoms with Crippen molar-refractivity contribution in [1.82, 2.24) is 5.32 Å². The van der Waals surface area contributed by atoms with Gasteiger partial charge in [-0.15, -0.1) is 0 Å². The summed E-state index contributed by atoms with van der Waals surface area (Å²) in [5.41, 5.74) is 8.53. The first-order valence-corrected chi connectivity index (χ1v) is 5.64. The molecule has 0 spiro atoms. The number of para-hydroxylation sites is 1. The summed E-state index contributed by atoms with van der Waals surface area (Å²) in [5, 5.41) is 5.79. The first-order chi connectivity index (χ1) is 8.70. The number of nitrogen functional groups attached to an aromatic ring is 1. The van der Waals surface area contributed by atoms with Crippen LogP contribution in [0.15, 0.2) is 48.5 Å². The molecule has 0 aliphatic rings. The lowest BCUT2D eigenvalue weighted by Gasteiger charge is -2.12. The van der Waals surface area contributed by atoms with Gasteiger partial charge < -0.3 is 16.4 Å². The van der Waals surface area contributed by atoms with E-state index in [-0.39, 0.29) is 5.91 Å². The fraction of sp³-hybridized carbons (Fsp3) is 0.0714. The number of carbonyl (C=O) groups is 1. The number of benzene rings is 2. The quantitative estimate of drug-likeness (QED) is 0.723. The van der Waals surface area contributed by atoms with Gasteiger partial charge >= 0.3 is 0 Å². The van der Waals surface area contributed by atoms with Crippen molar-refractivity contribution in [2.24, 2.45) is 0 Å². The summed E-state index contributed by atoms with van der Waals surface area (Å²) in [6.45, 7) is 0. The fourth-order valence-electron chi connectivity index (χ4n) is 1.67. The van der Waals surface area contributed by atoms with E-state index in [9.17, 15) is 4.79 Å². The van der Waals surface area contributed by atoms with Gasteiger partial charge in [0.25, 0.3) is 5.91 Å². The zero-order valence-electron chi connectivity index (χ0n) is 10.1. The van der Waals surface area contributed by atoms with Crippen LogP contribution in [-0.4, -0.2) is 13.0 Å². The molecular formula is C14H15N3O. The highest BCUT2D eigenvalue weighted by Gasteiger charge is 2.10. The predicted octanol–water partition coefficient (Wildman–Crippen LogP) is 2.37. The van der Waals surface area contributed by atoms with E-state index in [0.29, 0.717) is 16.9 Å². The molecule has 1 amide bonds. The van der Waals surface area contributed by atoms with Gasteiger partial charge in [0.05, 0.1) is 11.3 Å². The monoisotopic (exact) mass is 241 g/mol. The Morgan fingerprint density at radius 3 is 2.50 bits per heavy atom. The Labute approximate surface area is 106 Å². The molecule has 4 nitrogen and oxygen atoms in total. The molecule has 0 heterocycles. The highest BCUT2D eigenvalue weighted by atomic mass is 16.1. The van der Waals surface area contributed by atoms with Crippen LogP contribution in [0.1, 0.15) is 10.4 Å². The highest BCUT2D eigenvalue weighted by molar-refractivity contribution is 6.00. The first kappa shape index (κ1) is 12.0. The van der Waals surface area contributed by atoms with Crippen molar-refractivity contribution >= 4 is 23.0 Å². The lowest BCUT2D eigenvalue weighted by molar-refractivity contribution is 0.0964. The molecule has 18 heavy (non-hydrogen) atoms. The summed E-state index contributed by atoms with van der Waals surface area (Å²) in [7, 11) is 1.60. The molecule has 2 aromatic rings. The van der Waals surface area contributed by atoms with Crippen LogP contribution in [-0.2, 0) is 0 Å². The van der Waals surface area contributed by atoms with Crippen LogP contribution < -0.4 is 16.4 Å². The van der Waals surface area contributed by atoms with Gasteiger partial charge in [-0.05, 0) is 30.3 Å². The molecule has 92 valence electrons. The van der Waals surface area contributed by atoms with Crippen molar-refractivity contribution in [2.75, 3.05) is 18.1 Å². The van der Waals surface area contributed by atoms with Crippen LogP contribution in [0.3, 0.4) is 0 Å². The molecule has 0 aromatic heterocycles. The van der Waals surface area contributed by atoms with Crippen molar-refractivity contribution in [3.05, 3.63) is 54.1 Å². The molecule has 0 bridgehead atoms. The standard InChI is InChI=1S/C14H15N3O/c1-16-14(18)12-8-7-10(15)9-13(12)17-11-5-3-2-4-6-11/h2-9,17H,15H2,1H3,(H,16,18). The lowest BCUT2D eigenvalue weighted by Crippen LogP contribution is -2.19. The topological polar surface area (TPSA) is 67.2 Å². The summed E-state index contributed by atoms with van der Waals surface area (Å²) in [6, 6.07) is 14.8. The number of nitrogens with two attached hydrogens (primary N) is 1. The Morgan fingerprint density at radius 1 is 1.11 bits per heavy atom. The molecule has 0 aliphatic heterocycles. The molecule has 0 saturated heterocycles. The highest BCUT2D eigenvalue weighted by Crippen LogP contribution is 2.23. The Morgan fingerprint density at radius 2 is 1.83 bits per heavy atom. The van der Waals surface area contributed by atoms with E-state index >= 15 is 0 Å². The fourth-order valence-corrected chi connectivity index (χ4v) is 1.67. The molecule has 0 atom stereocenters. The zero-order chi connectivity index (χ0) is 13.0. The average molecular weight is 241 g/mol. The second-order valence-electron chi connectivity index (χ2n) is 3.88. The summed E-state index contributed by atoms with van der Waals surface area (Å²) in [4.78, 5) is 11.7. The smallest absolute Gasteiger partial charge is 0.253 e. The van der Waals surface area contributed by atoms with Crippen molar-refractivity contribution in [1.29, 1.82) is 0 Å². The Bertz CT molecular complexity index is 552. The van der Waals surface area contributed by atoms with Gasteiger partial charge in [0, 0.05) is 18.4 Å². The van der Waals surface area contributed by atoms with Crippen LogP contribution in [0.4, 0.5) is 17.1 Å². The molecule has 2 rings (SSSR count). The van der Waals surface area contributed by atoms with Crippen molar-refractivity contribution in [3.63, 3.8) is 0 Å². The second-order valence-corrected chi connectivity index (χ2v) is 3.88. The largest absolute Gasteiger partial charge is 0.399 e. The van der Waals surface area contributed by atoms with Crippen molar-refractivity contribution < 1.29 is 4.79 Å². The molecule has 0 radical (unpaired) electrons. The van der Waals surface area contributed by atoms with Crippen LogP contribution >= 0.6 is 0 Å². The van der Waals surface area contributed by atoms with E-state index in [4.69, 9.17) is 5.73 Å². The maximum atomic E-state index is 11.7. The Balaban J connectivity index is 2.36. The third kappa shape index (κ3) is 2.60. The molecule has 0 fully saturated rings. The Kier molecular flexibility index (Phi) is 3.48. The third-order valence-corrected chi connectivity index (χ3v) is 2.57. The van der Waals surface area contributed by atoms with Crippen LogP contribution in [0.2, 0.25) is 0 Å². The third-order valence-electron chi connectivity index (χ3n) is 2.57. The molecule has 0 unspecified atom stereocenters. The van der Waals surface area contributed by atoms with Crippen molar-refractivity contribution in [3.8, 4) is 0 Å². The summed E-state index contributed by atoms with van der Waals surface area (Å²) < 4.78 is 0. The Hall–Kier alpha value is -2.49. The van der Waals surface area contributed by atoms with E-state index in [1.807, 2.05) is 30.3 Å². The maximum Gasteiger partial charge on any atom is 0.253 e. The number of hydrogen-bond acceptors (Lipinski definition) is 3. The first-order valence-electron chi connectivity index (χ1n) is 5.64. The number of hydrogen-bond donors (Lipinski definition) is 3. The molecule has 0 saturated carbocycles. The normalized spacial score (nSPS) is 9.83. The van der Waals surface area contributed by atoms with Crippen LogP contribution in [0, 0.1) is 0 Å². The van der Waals surface area contributed by atoms with Gasteiger partial charge in [0.15, 0.2) is 0 Å². The maximum absolute atomic E-state index is 11.7. The van der Waals surface area contributed by atoms with E-state index in [2.05, 4.69) is 10.6 Å².